The zero-order valence-corrected chi connectivity index (χ0v) is 19.3. The van der Waals surface area contributed by atoms with Crippen molar-refractivity contribution < 1.29 is 19.0 Å². The summed E-state index contributed by atoms with van der Waals surface area (Å²) in [4.78, 5) is 18.1. The zero-order valence-electron chi connectivity index (χ0n) is 18.5. The molecule has 7 nitrogen and oxygen atoms in total. The van der Waals surface area contributed by atoms with Crippen molar-refractivity contribution in [3.63, 3.8) is 0 Å². The van der Waals surface area contributed by atoms with E-state index in [-0.39, 0.29) is 23.8 Å². The fourth-order valence-corrected chi connectivity index (χ4v) is 5.86. The first kappa shape index (κ1) is 21.7. The second kappa shape index (κ2) is 8.74. The monoisotopic (exact) mass is 480 g/mol. The van der Waals surface area contributed by atoms with Crippen molar-refractivity contribution in [3.8, 4) is 11.3 Å². The number of nitrogens with one attached hydrogen (secondary N) is 2. The topological polar surface area (TPSA) is 87.9 Å². The Bertz CT molecular complexity index is 1380. The highest BCUT2D eigenvalue weighted by molar-refractivity contribution is 7.23. The Morgan fingerprint density at radius 3 is 2.85 bits per heavy atom. The van der Waals surface area contributed by atoms with Crippen molar-refractivity contribution in [2.24, 2.45) is 0 Å². The molecule has 0 saturated carbocycles. The predicted molar refractivity (Wildman–Crippen MR) is 129 cm³/mol. The lowest BCUT2D eigenvalue weighted by molar-refractivity contribution is 0.0696. The van der Waals surface area contributed by atoms with Gasteiger partial charge in [-0.2, -0.15) is 0 Å². The van der Waals surface area contributed by atoms with Crippen LogP contribution in [0.1, 0.15) is 41.2 Å². The molecule has 2 saturated heterocycles. The van der Waals surface area contributed by atoms with Crippen molar-refractivity contribution in [1.82, 2.24) is 20.0 Å². The summed E-state index contributed by atoms with van der Waals surface area (Å²) in [6.07, 6.45) is 3.70. The van der Waals surface area contributed by atoms with E-state index in [0.29, 0.717) is 43.0 Å². The van der Waals surface area contributed by atoms with Gasteiger partial charge in [0.2, 0.25) is 0 Å². The molecule has 9 heteroatoms. The van der Waals surface area contributed by atoms with Crippen LogP contribution in [0.15, 0.2) is 42.6 Å². The molecular weight excluding hydrogens is 455 g/mol. The molecule has 2 fully saturated rings. The molecule has 0 bridgehead atoms. The molecule has 2 aromatic heterocycles. The second-order valence-corrected chi connectivity index (χ2v) is 10.0. The van der Waals surface area contributed by atoms with Crippen molar-refractivity contribution in [2.45, 2.75) is 37.5 Å². The van der Waals surface area contributed by atoms with Gasteiger partial charge in [-0.25, -0.2) is 9.37 Å². The van der Waals surface area contributed by atoms with Crippen LogP contribution in [0.4, 0.5) is 4.39 Å². The number of rotatable bonds is 4. The van der Waals surface area contributed by atoms with E-state index in [2.05, 4.69) is 15.6 Å². The summed E-state index contributed by atoms with van der Waals surface area (Å²) in [6, 6.07) is 10.9. The summed E-state index contributed by atoms with van der Waals surface area (Å²) in [5.74, 6) is -0.408. The van der Waals surface area contributed by atoms with Crippen molar-refractivity contribution >= 4 is 32.4 Å². The standard InChI is InChI=1S/C25H25FN4O3S/c26-19-9-14(20-11-17(31)12-27-20)1-3-18(19)21-13-30-22-4-2-15(10-23(22)34-25(30)29-21)24(32)28-16-5-7-33-8-6-16/h1-4,9-10,13,16-17,20,27,31H,5-8,11-12H2,(H,28,32)/t17?,20-/m1/s1. The number of amides is 1. The van der Waals surface area contributed by atoms with E-state index in [9.17, 15) is 14.3 Å². The molecule has 2 aromatic carbocycles. The van der Waals surface area contributed by atoms with Gasteiger partial charge in [0.15, 0.2) is 4.96 Å². The van der Waals surface area contributed by atoms with Crippen LogP contribution in [-0.4, -0.2) is 52.3 Å². The first-order valence-corrected chi connectivity index (χ1v) is 12.4. The molecule has 0 radical (unpaired) electrons. The Morgan fingerprint density at radius 1 is 1.24 bits per heavy atom. The Kier molecular flexibility index (Phi) is 5.57. The molecular formula is C25H25FN4O3S. The number of halogens is 1. The zero-order chi connectivity index (χ0) is 23.2. The molecule has 3 N–H and O–H groups in total. The summed E-state index contributed by atoms with van der Waals surface area (Å²) in [7, 11) is 0. The molecule has 6 rings (SSSR count). The number of carbonyl (C=O) groups excluding carboxylic acids is 1. The van der Waals surface area contributed by atoms with Gasteiger partial charge in [-0.05, 0) is 55.2 Å². The minimum atomic E-state index is -0.394. The number of imidazole rings is 1. The molecule has 2 aliphatic heterocycles. The molecule has 176 valence electrons. The fraction of sp³-hybridized carbons (Fsp3) is 0.360. The number of β-amino-alcohol motifs (C(OH)–C–C–N with tert-alkyl or cyclic N) is 1. The maximum Gasteiger partial charge on any atom is 0.251 e. The third kappa shape index (κ3) is 3.98. The lowest BCUT2D eigenvalue weighted by Crippen LogP contribution is -2.38. The average molecular weight is 481 g/mol. The Labute approximate surface area is 199 Å². The highest BCUT2D eigenvalue weighted by atomic mass is 32.1. The molecule has 1 amide bonds. The Morgan fingerprint density at radius 2 is 2.09 bits per heavy atom. The third-order valence-corrected chi connectivity index (χ3v) is 7.71. The minimum Gasteiger partial charge on any atom is -0.392 e. The van der Waals surface area contributed by atoms with Crippen LogP contribution in [0.5, 0.6) is 0 Å². The van der Waals surface area contributed by atoms with E-state index in [4.69, 9.17) is 4.74 Å². The number of hydrogen-bond acceptors (Lipinski definition) is 6. The molecule has 0 spiro atoms. The highest BCUT2D eigenvalue weighted by Crippen LogP contribution is 2.33. The van der Waals surface area contributed by atoms with E-state index in [0.717, 1.165) is 33.6 Å². The quantitative estimate of drug-likeness (QED) is 0.415. The normalized spacial score (nSPS) is 21.5. The van der Waals surface area contributed by atoms with Crippen molar-refractivity contribution in [3.05, 3.63) is 59.5 Å². The molecule has 2 aliphatic rings. The smallest absolute Gasteiger partial charge is 0.251 e. The number of aromatic nitrogens is 2. The SMILES string of the molecule is O=C(NC1CCOCC1)c1ccc2c(c1)sc1nc(-c3ccc([C@H]4CC(O)CN4)cc3F)cn12. The van der Waals surface area contributed by atoms with E-state index in [1.807, 2.05) is 34.9 Å². The van der Waals surface area contributed by atoms with E-state index >= 15 is 0 Å². The predicted octanol–water partition coefficient (Wildman–Crippen LogP) is 3.66. The maximum atomic E-state index is 15.0. The van der Waals surface area contributed by atoms with Gasteiger partial charge in [-0.1, -0.05) is 17.4 Å². The van der Waals surface area contributed by atoms with Crippen LogP contribution < -0.4 is 10.6 Å². The summed E-state index contributed by atoms with van der Waals surface area (Å²) in [5.41, 5.74) is 3.39. The molecule has 0 aliphatic carbocycles. The van der Waals surface area contributed by atoms with Gasteiger partial charge in [0.25, 0.3) is 5.91 Å². The van der Waals surface area contributed by atoms with Gasteiger partial charge in [-0.3, -0.25) is 9.20 Å². The van der Waals surface area contributed by atoms with E-state index in [1.54, 1.807) is 6.07 Å². The summed E-state index contributed by atoms with van der Waals surface area (Å²) < 4.78 is 23.2. The summed E-state index contributed by atoms with van der Waals surface area (Å²) in [6.45, 7) is 1.88. The number of aliphatic hydroxyl groups is 1. The van der Waals surface area contributed by atoms with Gasteiger partial charge >= 0.3 is 0 Å². The maximum absolute atomic E-state index is 15.0. The summed E-state index contributed by atoms with van der Waals surface area (Å²) in [5, 5.41) is 16.0. The molecule has 34 heavy (non-hydrogen) atoms. The van der Waals surface area contributed by atoms with Gasteiger partial charge in [-0.15, -0.1) is 0 Å². The lowest BCUT2D eigenvalue weighted by atomic mass is 10.0. The van der Waals surface area contributed by atoms with Gasteiger partial charge < -0.3 is 20.5 Å². The van der Waals surface area contributed by atoms with Crippen LogP contribution in [0.3, 0.4) is 0 Å². The van der Waals surface area contributed by atoms with Crippen LogP contribution in [0.25, 0.3) is 26.4 Å². The Hall–Kier alpha value is -2.85. The number of fused-ring (bicyclic) bond motifs is 3. The van der Waals surface area contributed by atoms with Crippen molar-refractivity contribution in [1.29, 1.82) is 0 Å². The fourth-order valence-electron chi connectivity index (χ4n) is 4.81. The minimum absolute atomic E-state index is 0.0363. The highest BCUT2D eigenvalue weighted by Gasteiger charge is 2.24. The van der Waals surface area contributed by atoms with Crippen LogP contribution in [-0.2, 0) is 4.74 Å². The third-order valence-electron chi connectivity index (χ3n) is 6.69. The largest absolute Gasteiger partial charge is 0.392 e. The number of benzene rings is 2. The number of thiazole rings is 1. The number of hydrogen-bond donors (Lipinski definition) is 3. The van der Waals surface area contributed by atoms with Crippen LogP contribution in [0.2, 0.25) is 0 Å². The van der Waals surface area contributed by atoms with Gasteiger partial charge in [0.05, 0.1) is 22.0 Å². The van der Waals surface area contributed by atoms with Crippen LogP contribution >= 0.6 is 11.3 Å². The second-order valence-electron chi connectivity index (χ2n) is 9.01. The van der Waals surface area contributed by atoms with E-state index in [1.165, 1.54) is 17.4 Å². The number of carbonyl (C=O) groups is 1. The average Bonchev–Trinajstić information content (AvgIpc) is 3.53. The van der Waals surface area contributed by atoms with Gasteiger partial charge in [0.1, 0.15) is 5.82 Å². The molecule has 1 unspecified atom stereocenters. The Balaban J connectivity index is 1.26. The molecule has 4 heterocycles. The van der Waals surface area contributed by atoms with Crippen LogP contribution in [0, 0.1) is 5.82 Å². The lowest BCUT2D eigenvalue weighted by Gasteiger charge is -2.23. The molecule has 2 atom stereocenters. The molecule has 4 aromatic rings. The number of nitrogens with zero attached hydrogens (tertiary/aromatic N) is 2. The first-order chi connectivity index (χ1) is 16.5. The van der Waals surface area contributed by atoms with Gasteiger partial charge in [0, 0.05) is 49.2 Å². The summed E-state index contributed by atoms with van der Waals surface area (Å²) >= 11 is 1.48. The number of ether oxygens (including phenoxy) is 1. The number of aliphatic hydroxyl groups excluding tert-OH is 1. The first-order valence-electron chi connectivity index (χ1n) is 11.6. The van der Waals surface area contributed by atoms with E-state index < -0.39 is 6.10 Å². The van der Waals surface area contributed by atoms with Crippen molar-refractivity contribution in [2.75, 3.05) is 19.8 Å².